The lowest BCUT2D eigenvalue weighted by Crippen LogP contribution is -2.48. The summed E-state index contributed by atoms with van der Waals surface area (Å²) in [6, 6.07) is 9.00. The van der Waals surface area contributed by atoms with Gasteiger partial charge in [0.25, 0.3) is 0 Å². The molecule has 1 fully saturated rings. The molecule has 1 aliphatic rings. The molecule has 90 valence electrons. The summed E-state index contributed by atoms with van der Waals surface area (Å²) in [7, 11) is 1.89. The van der Waals surface area contributed by atoms with Crippen LogP contribution in [0.5, 0.6) is 0 Å². The zero-order valence-electron chi connectivity index (χ0n) is 9.82. The van der Waals surface area contributed by atoms with Crippen LogP contribution < -0.4 is 0 Å². The van der Waals surface area contributed by atoms with Crippen LogP contribution in [-0.2, 0) is 11.3 Å². The van der Waals surface area contributed by atoms with Gasteiger partial charge in [-0.2, -0.15) is 5.26 Å². The third kappa shape index (κ3) is 2.63. The Hall–Kier alpha value is -1.44. The van der Waals surface area contributed by atoms with E-state index in [1.54, 1.807) is 12.1 Å². The Morgan fingerprint density at radius 3 is 2.71 bits per heavy atom. The molecule has 0 spiro atoms. The zero-order chi connectivity index (χ0) is 12.3. The lowest BCUT2D eigenvalue weighted by Gasteiger charge is -2.38. The number of ether oxygens (including phenoxy) is 1. The minimum absolute atomic E-state index is 0.199. The lowest BCUT2D eigenvalue weighted by atomic mass is 9.87. The summed E-state index contributed by atoms with van der Waals surface area (Å²) in [5.74, 6) is -0.199. The SMILES string of the molecule is CN(Cc1ccccc1F)CC1(C#N)COC1. The highest BCUT2D eigenvalue weighted by Crippen LogP contribution is 2.27. The van der Waals surface area contributed by atoms with Gasteiger partial charge in [-0.15, -0.1) is 0 Å². The van der Waals surface area contributed by atoms with E-state index in [0.717, 1.165) is 0 Å². The molecular formula is C13H15FN2O. The number of halogens is 1. The molecule has 4 heteroatoms. The van der Waals surface area contributed by atoms with Gasteiger partial charge in [-0.3, -0.25) is 0 Å². The van der Waals surface area contributed by atoms with Crippen molar-refractivity contribution in [2.24, 2.45) is 5.41 Å². The van der Waals surface area contributed by atoms with Gasteiger partial charge in [0.05, 0.1) is 19.3 Å². The van der Waals surface area contributed by atoms with Gasteiger partial charge in [-0.05, 0) is 13.1 Å². The highest BCUT2D eigenvalue weighted by Gasteiger charge is 2.39. The van der Waals surface area contributed by atoms with Gasteiger partial charge < -0.3 is 9.64 Å². The number of rotatable bonds is 4. The highest BCUT2D eigenvalue weighted by atomic mass is 19.1. The number of nitriles is 1. The standard InChI is InChI=1S/C13H15FN2O/c1-16(8-13(7-15)9-17-10-13)6-11-4-2-3-5-12(11)14/h2-5H,6,8-10H2,1H3. The van der Waals surface area contributed by atoms with E-state index >= 15 is 0 Å². The predicted molar refractivity (Wildman–Crippen MR) is 61.6 cm³/mol. The van der Waals surface area contributed by atoms with Gasteiger partial charge in [-0.1, -0.05) is 18.2 Å². The fourth-order valence-corrected chi connectivity index (χ4v) is 2.03. The van der Waals surface area contributed by atoms with E-state index in [2.05, 4.69) is 6.07 Å². The first-order valence-electron chi connectivity index (χ1n) is 5.56. The minimum atomic E-state index is -0.403. The maximum absolute atomic E-state index is 13.4. The molecule has 3 nitrogen and oxygen atoms in total. The van der Waals surface area contributed by atoms with Crippen LogP contribution in [0, 0.1) is 22.6 Å². The lowest BCUT2D eigenvalue weighted by molar-refractivity contribution is -0.0896. The van der Waals surface area contributed by atoms with Crippen LogP contribution >= 0.6 is 0 Å². The van der Waals surface area contributed by atoms with E-state index in [1.807, 2.05) is 18.0 Å². The maximum Gasteiger partial charge on any atom is 0.127 e. The number of nitrogens with zero attached hydrogens (tertiary/aromatic N) is 2. The molecule has 1 saturated heterocycles. The molecule has 0 atom stereocenters. The van der Waals surface area contributed by atoms with Crippen LogP contribution in [0.2, 0.25) is 0 Å². The van der Waals surface area contributed by atoms with Gasteiger partial charge >= 0.3 is 0 Å². The van der Waals surface area contributed by atoms with Crippen LogP contribution in [0.15, 0.2) is 24.3 Å². The Kier molecular flexibility index (Phi) is 3.41. The fourth-order valence-electron chi connectivity index (χ4n) is 2.03. The molecule has 2 rings (SSSR count). The van der Waals surface area contributed by atoms with E-state index in [0.29, 0.717) is 31.9 Å². The van der Waals surface area contributed by atoms with Crippen LogP contribution in [0.25, 0.3) is 0 Å². The molecule has 0 unspecified atom stereocenters. The fraction of sp³-hybridized carbons (Fsp3) is 0.462. The monoisotopic (exact) mass is 234 g/mol. The summed E-state index contributed by atoms with van der Waals surface area (Å²) in [5.41, 5.74) is 0.253. The second-order valence-corrected chi connectivity index (χ2v) is 4.65. The van der Waals surface area contributed by atoms with Gasteiger partial charge in [0, 0.05) is 18.7 Å². The molecule has 0 aliphatic carbocycles. The van der Waals surface area contributed by atoms with Crippen molar-refractivity contribution in [2.75, 3.05) is 26.8 Å². The molecule has 1 aromatic rings. The van der Waals surface area contributed by atoms with Crippen LogP contribution in [0.1, 0.15) is 5.56 Å². The highest BCUT2D eigenvalue weighted by molar-refractivity contribution is 5.17. The Morgan fingerprint density at radius 2 is 2.18 bits per heavy atom. The Labute approximate surface area is 100 Å². The summed E-state index contributed by atoms with van der Waals surface area (Å²) < 4.78 is 18.5. The number of benzene rings is 1. The van der Waals surface area contributed by atoms with Crippen LogP contribution in [0.4, 0.5) is 4.39 Å². The van der Waals surface area contributed by atoms with Crippen LogP contribution in [0.3, 0.4) is 0 Å². The van der Waals surface area contributed by atoms with Crippen molar-refractivity contribution in [3.63, 3.8) is 0 Å². The first-order chi connectivity index (χ1) is 8.15. The Morgan fingerprint density at radius 1 is 1.47 bits per heavy atom. The summed E-state index contributed by atoms with van der Waals surface area (Å²) >= 11 is 0. The molecule has 1 heterocycles. The minimum Gasteiger partial charge on any atom is -0.378 e. The van der Waals surface area contributed by atoms with E-state index in [-0.39, 0.29) is 5.82 Å². The summed E-state index contributed by atoms with van der Waals surface area (Å²) in [5, 5.41) is 9.08. The van der Waals surface area contributed by atoms with Gasteiger partial charge in [0.2, 0.25) is 0 Å². The molecule has 1 aromatic carbocycles. The molecule has 1 aliphatic heterocycles. The number of hydrogen-bond donors (Lipinski definition) is 0. The Balaban J connectivity index is 1.96. The normalized spacial score (nSPS) is 17.5. The van der Waals surface area contributed by atoms with Crippen molar-refractivity contribution in [2.45, 2.75) is 6.54 Å². The molecule has 0 N–H and O–H groups in total. The van der Waals surface area contributed by atoms with E-state index in [9.17, 15) is 4.39 Å². The predicted octanol–water partition coefficient (Wildman–Crippen LogP) is 1.80. The van der Waals surface area contributed by atoms with E-state index in [1.165, 1.54) is 6.07 Å². The third-order valence-corrected chi connectivity index (χ3v) is 2.96. The van der Waals surface area contributed by atoms with Crippen molar-refractivity contribution in [3.05, 3.63) is 35.6 Å². The van der Waals surface area contributed by atoms with Crippen molar-refractivity contribution in [1.29, 1.82) is 5.26 Å². The average Bonchev–Trinajstić information content (AvgIpc) is 2.27. The van der Waals surface area contributed by atoms with Gasteiger partial charge in [0.1, 0.15) is 11.2 Å². The molecule has 0 radical (unpaired) electrons. The average molecular weight is 234 g/mol. The molecule has 0 amide bonds. The van der Waals surface area contributed by atoms with Crippen molar-refractivity contribution >= 4 is 0 Å². The first-order valence-corrected chi connectivity index (χ1v) is 5.56. The molecular weight excluding hydrogens is 219 g/mol. The van der Waals surface area contributed by atoms with Crippen molar-refractivity contribution < 1.29 is 9.13 Å². The third-order valence-electron chi connectivity index (χ3n) is 2.96. The van der Waals surface area contributed by atoms with E-state index < -0.39 is 5.41 Å². The maximum atomic E-state index is 13.4. The molecule has 17 heavy (non-hydrogen) atoms. The van der Waals surface area contributed by atoms with Gasteiger partial charge in [-0.25, -0.2) is 4.39 Å². The molecule has 0 aromatic heterocycles. The summed E-state index contributed by atoms with van der Waals surface area (Å²) in [4.78, 5) is 1.96. The topological polar surface area (TPSA) is 36.3 Å². The van der Waals surface area contributed by atoms with Crippen molar-refractivity contribution in [1.82, 2.24) is 4.90 Å². The summed E-state index contributed by atoms with van der Waals surface area (Å²) in [6.45, 7) is 2.07. The first kappa shape index (κ1) is 12.0. The smallest absolute Gasteiger partial charge is 0.127 e. The Bertz CT molecular complexity index is 437. The number of hydrogen-bond acceptors (Lipinski definition) is 3. The second kappa shape index (κ2) is 4.82. The quantitative estimate of drug-likeness (QED) is 0.797. The van der Waals surface area contributed by atoms with Crippen LogP contribution in [-0.4, -0.2) is 31.7 Å². The molecule has 0 saturated carbocycles. The van der Waals surface area contributed by atoms with Crippen molar-refractivity contribution in [3.8, 4) is 6.07 Å². The zero-order valence-corrected chi connectivity index (χ0v) is 9.82. The van der Waals surface area contributed by atoms with Gasteiger partial charge in [0.15, 0.2) is 0 Å². The summed E-state index contributed by atoms with van der Waals surface area (Å²) in [6.07, 6.45) is 0. The van der Waals surface area contributed by atoms with E-state index in [4.69, 9.17) is 10.00 Å². The second-order valence-electron chi connectivity index (χ2n) is 4.65. The molecule has 0 bridgehead atoms. The largest absolute Gasteiger partial charge is 0.378 e.